The minimum atomic E-state index is -0.738. The first-order chi connectivity index (χ1) is 28.8. The van der Waals surface area contributed by atoms with Crippen LogP contribution in [-0.2, 0) is 14.3 Å². The molecule has 0 spiro atoms. The fourth-order valence-electron chi connectivity index (χ4n) is 7.01. The molecule has 8 bridgehead atoms. The van der Waals surface area contributed by atoms with Gasteiger partial charge in [0.2, 0.25) is 0 Å². The van der Waals surface area contributed by atoms with E-state index in [9.17, 15) is 9.90 Å². The zero-order valence-electron chi connectivity index (χ0n) is 33.2. The number of carbonyl (C=O) groups excluding carboxylic acids is 1. The molecular formula is C50H41N5O4. The number of allylic oxidation sites excluding steroid dienone is 9. The molecule has 59 heavy (non-hydrogen) atoms. The molecule has 0 amide bonds. The number of aliphatic hydroxyl groups is 1. The molecule has 0 fully saturated rings. The smallest absolute Gasteiger partial charge is 0.345 e. The molecule has 2 N–H and O–H groups in total. The van der Waals surface area contributed by atoms with E-state index in [1.807, 2.05) is 135 Å². The summed E-state index contributed by atoms with van der Waals surface area (Å²) in [6.07, 6.45) is 13.2. The molecule has 0 radical (unpaired) electrons. The molecule has 0 unspecified atom stereocenters. The Balaban J connectivity index is 1.41. The fraction of sp³-hybridized carbons (Fsp3) is 0.120. The third kappa shape index (κ3) is 7.98. The Bertz CT molecular complexity index is 2750. The highest BCUT2D eigenvalue weighted by Gasteiger charge is 2.27. The van der Waals surface area contributed by atoms with Crippen molar-refractivity contribution in [3.63, 3.8) is 0 Å². The van der Waals surface area contributed by atoms with Crippen LogP contribution in [0.4, 0.5) is 5.69 Å². The first-order valence-electron chi connectivity index (χ1n) is 19.4. The summed E-state index contributed by atoms with van der Waals surface area (Å²) in [4.78, 5) is 34.7. The monoisotopic (exact) mass is 775 g/mol. The van der Waals surface area contributed by atoms with Gasteiger partial charge in [-0.1, -0.05) is 72.5 Å². The van der Waals surface area contributed by atoms with Crippen LogP contribution in [0.1, 0.15) is 41.9 Å². The predicted octanol–water partition coefficient (Wildman–Crippen LogP) is 9.36. The average Bonchev–Trinajstić information content (AvgIpc) is 4.10. The lowest BCUT2D eigenvalue weighted by atomic mass is 9.99. The maximum atomic E-state index is 13.4. The Hall–Kier alpha value is -7.70. The average molecular weight is 776 g/mol. The number of carbonyl (C=O) groups is 1. The van der Waals surface area contributed by atoms with Gasteiger partial charge in [-0.05, 0) is 104 Å². The number of nitrogens with one attached hydrogen (secondary N) is 1. The van der Waals surface area contributed by atoms with Gasteiger partial charge in [0.05, 0.1) is 58.7 Å². The van der Waals surface area contributed by atoms with Crippen molar-refractivity contribution in [1.82, 2.24) is 4.98 Å². The van der Waals surface area contributed by atoms with E-state index in [4.69, 9.17) is 24.5 Å². The summed E-state index contributed by atoms with van der Waals surface area (Å²) in [5.41, 5.74) is 12.0. The van der Waals surface area contributed by atoms with E-state index in [1.54, 1.807) is 13.8 Å². The standard InChI is InChI=1S/C50H41N5O4/c1-5-58-49(56)38(50(57)59-6-2)31-37-41-25-29-45(53-41)47(33-13-9-7-10-14-33)43-27-23-39(51-43)36(22-19-32-17-20-35(21-18-32)55(3)4)40-24-28-44(52-40)48(34-15-11-8-12-16-34)46-30-26-42(37)54-46/h7-18,20-21,23-31,51,56H,5-6H2,1-4H3/b37-31+,40-36?,47-45?,48-46?,49-38-. The van der Waals surface area contributed by atoms with Gasteiger partial charge in [-0.2, -0.15) is 0 Å². The van der Waals surface area contributed by atoms with Gasteiger partial charge < -0.3 is 24.5 Å². The lowest BCUT2D eigenvalue weighted by molar-refractivity contribution is -0.138. The van der Waals surface area contributed by atoms with Crippen LogP contribution in [0.2, 0.25) is 0 Å². The number of nitrogens with zero attached hydrogens (tertiary/aromatic N) is 4. The van der Waals surface area contributed by atoms with Crippen molar-refractivity contribution in [1.29, 1.82) is 0 Å². The van der Waals surface area contributed by atoms with E-state index in [1.165, 1.54) is 6.08 Å². The minimum Gasteiger partial charge on any atom is -0.480 e. The van der Waals surface area contributed by atoms with Crippen molar-refractivity contribution in [3.8, 4) is 11.8 Å². The lowest BCUT2D eigenvalue weighted by Crippen LogP contribution is -2.14. The second-order valence-electron chi connectivity index (χ2n) is 13.9. The van der Waals surface area contributed by atoms with Gasteiger partial charge in [-0.15, -0.1) is 0 Å². The van der Waals surface area contributed by atoms with Crippen molar-refractivity contribution in [2.45, 2.75) is 13.8 Å². The normalized spacial score (nSPS) is 16.5. The molecule has 1 aromatic heterocycles. The van der Waals surface area contributed by atoms with Crippen LogP contribution in [0.25, 0.3) is 16.7 Å². The number of fused-ring (bicyclic) bond motifs is 5. The molecule has 0 saturated carbocycles. The summed E-state index contributed by atoms with van der Waals surface area (Å²) in [5.74, 6) is 5.59. The highest BCUT2D eigenvalue weighted by atomic mass is 16.6. The summed E-state index contributed by atoms with van der Waals surface area (Å²) in [6, 6.07) is 32.2. The predicted molar refractivity (Wildman–Crippen MR) is 237 cm³/mol. The zero-order chi connectivity index (χ0) is 40.9. The van der Waals surface area contributed by atoms with E-state index in [0.29, 0.717) is 39.8 Å². The van der Waals surface area contributed by atoms with Crippen molar-refractivity contribution in [3.05, 3.63) is 202 Å². The number of ether oxygens (including phenoxy) is 2. The summed E-state index contributed by atoms with van der Waals surface area (Å²) >= 11 is 0. The number of rotatable bonds is 8. The molecule has 0 atom stereocenters. The molecule has 4 aliphatic heterocycles. The Kier molecular flexibility index (Phi) is 10.9. The van der Waals surface area contributed by atoms with Crippen LogP contribution in [0, 0.1) is 11.8 Å². The quantitative estimate of drug-likeness (QED) is 0.0802. The molecule has 290 valence electrons. The summed E-state index contributed by atoms with van der Waals surface area (Å²) in [7, 11) is 4.03. The zero-order valence-corrected chi connectivity index (χ0v) is 33.2. The number of benzene rings is 3. The van der Waals surface area contributed by atoms with Gasteiger partial charge >= 0.3 is 5.97 Å². The number of H-pyrrole nitrogens is 1. The van der Waals surface area contributed by atoms with Crippen LogP contribution >= 0.6 is 0 Å². The maximum absolute atomic E-state index is 13.4. The number of esters is 1. The minimum absolute atomic E-state index is 0.106. The number of hydrogen-bond donors (Lipinski definition) is 2. The number of anilines is 1. The second kappa shape index (κ2) is 16.8. The van der Waals surface area contributed by atoms with Crippen LogP contribution in [0.5, 0.6) is 0 Å². The molecular weight excluding hydrogens is 735 g/mol. The Morgan fingerprint density at radius 3 is 1.85 bits per heavy atom. The topological polar surface area (TPSA) is 112 Å². The number of aromatic amines is 1. The van der Waals surface area contributed by atoms with Crippen molar-refractivity contribution in [2.75, 3.05) is 32.2 Å². The summed E-state index contributed by atoms with van der Waals surface area (Å²) in [5, 5.41) is 11.0. The molecule has 0 saturated heterocycles. The Morgan fingerprint density at radius 1 is 0.661 bits per heavy atom. The third-order valence-electron chi connectivity index (χ3n) is 9.86. The lowest BCUT2D eigenvalue weighted by Gasteiger charge is -2.12. The largest absolute Gasteiger partial charge is 0.480 e. The van der Waals surface area contributed by atoms with Crippen LogP contribution < -0.4 is 4.90 Å². The van der Waals surface area contributed by atoms with E-state index >= 15 is 0 Å². The summed E-state index contributed by atoms with van der Waals surface area (Å²) < 4.78 is 10.8. The van der Waals surface area contributed by atoms with Crippen molar-refractivity contribution >= 4 is 45.5 Å². The second-order valence-corrected chi connectivity index (χ2v) is 13.9. The van der Waals surface area contributed by atoms with Gasteiger partial charge in [0.25, 0.3) is 5.95 Å². The Morgan fingerprint density at radius 2 is 1.22 bits per heavy atom. The molecule has 4 aliphatic rings. The van der Waals surface area contributed by atoms with Crippen LogP contribution in [0.3, 0.4) is 0 Å². The van der Waals surface area contributed by atoms with E-state index in [-0.39, 0.29) is 18.8 Å². The van der Waals surface area contributed by atoms with Crippen LogP contribution in [-0.4, -0.2) is 60.5 Å². The fourth-order valence-corrected chi connectivity index (χ4v) is 7.01. The summed E-state index contributed by atoms with van der Waals surface area (Å²) in [6.45, 7) is 3.68. The first kappa shape index (κ1) is 38.2. The number of aliphatic imine (C=N–C) groups is 3. The SMILES string of the molecule is CCOC(=O)C(/C=C1/C2=NC(=C(c3ccccc3)C3=NC(=C(C#Cc4ccc(N(C)C)cc4)c4ccc([nH]4)C(c4ccccc4)=C4C=CC1=N4)C=C3)C=C2)=C(/O)OCC. The Labute approximate surface area is 343 Å². The van der Waals surface area contributed by atoms with Gasteiger partial charge in [-0.3, -0.25) is 0 Å². The van der Waals surface area contributed by atoms with Gasteiger partial charge in [0, 0.05) is 47.8 Å². The first-order valence-corrected chi connectivity index (χ1v) is 19.4. The van der Waals surface area contributed by atoms with E-state index < -0.39 is 11.9 Å². The number of aliphatic hydroxyl groups excluding tert-OH is 1. The van der Waals surface area contributed by atoms with E-state index in [2.05, 4.69) is 33.9 Å². The molecule has 8 rings (SSSR count). The number of aromatic nitrogens is 1. The third-order valence-corrected chi connectivity index (χ3v) is 9.86. The molecule has 9 heteroatoms. The molecule has 3 aromatic carbocycles. The van der Waals surface area contributed by atoms with Crippen molar-refractivity contribution < 1.29 is 19.4 Å². The van der Waals surface area contributed by atoms with Gasteiger partial charge in [0.15, 0.2) is 0 Å². The van der Waals surface area contributed by atoms with E-state index in [0.717, 1.165) is 50.5 Å². The molecule has 9 nitrogen and oxygen atoms in total. The highest BCUT2D eigenvalue weighted by Crippen LogP contribution is 2.36. The van der Waals surface area contributed by atoms with Crippen molar-refractivity contribution in [2.24, 2.45) is 15.0 Å². The molecule has 5 heterocycles. The number of hydrogen-bond acceptors (Lipinski definition) is 8. The molecule has 4 aromatic rings. The van der Waals surface area contributed by atoms with Gasteiger partial charge in [-0.25, -0.2) is 19.8 Å². The molecule has 0 aliphatic carbocycles. The highest BCUT2D eigenvalue weighted by molar-refractivity contribution is 6.36. The van der Waals surface area contributed by atoms with Gasteiger partial charge in [0.1, 0.15) is 5.57 Å². The van der Waals surface area contributed by atoms with Crippen LogP contribution in [0.15, 0.2) is 189 Å². The maximum Gasteiger partial charge on any atom is 0.345 e.